The van der Waals surface area contributed by atoms with Crippen LogP contribution in [0.15, 0.2) is 48.5 Å². The Morgan fingerprint density at radius 3 is 2.41 bits per heavy atom. The molecule has 0 aliphatic rings. The summed E-state index contributed by atoms with van der Waals surface area (Å²) in [6.45, 7) is 1.39. The lowest BCUT2D eigenvalue weighted by molar-refractivity contribution is -0.114. The van der Waals surface area contributed by atoms with Gasteiger partial charge in [0, 0.05) is 18.2 Å². The van der Waals surface area contributed by atoms with Gasteiger partial charge in [0.2, 0.25) is 5.91 Å². The number of carbonyl (C=O) groups is 1. The van der Waals surface area contributed by atoms with Gasteiger partial charge in [-0.3, -0.25) is 4.79 Å². The van der Waals surface area contributed by atoms with E-state index in [0.717, 1.165) is 5.56 Å². The summed E-state index contributed by atoms with van der Waals surface area (Å²) in [5.74, 6) is -0.556. The highest BCUT2D eigenvalue weighted by molar-refractivity contribution is 5.89. The molecule has 86 valence electrons. The molecule has 17 heavy (non-hydrogen) atoms. The molecule has 0 radical (unpaired) electrons. The fourth-order valence-corrected chi connectivity index (χ4v) is 1.65. The van der Waals surface area contributed by atoms with E-state index in [1.165, 1.54) is 13.0 Å². The molecule has 0 heterocycles. The summed E-state index contributed by atoms with van der Waals surface area (Å²) in [7, 11) is 0. The van der Waals surface area contributed by atoms with E-state index < -0.39 is 0 Å². The van der Waals surface area contributed by atoms with Crippen molar-refractivity contribution in [1.29, 1.82) is 0 Å². The predicted molar refractivity (Wildman–Crippen MR) is 66.1 cm³/mol. The molecule has 2 aromatic carbocycles. The Balaban J connectivity index is 2.35. The lowest BCUT2D eigenvalue weighted by atomic mass is 10.0. The molecule has 3 heteroatoms. The smallest absolute Gasteiger partial charge is 0.221 e. The molecule has 0 saturated heterocycles. The normalized spacial score (nSPS) is 10.0. The number of halogens is 1. The first-order valence-corrected chi connectivity index (χ1v) is 5.29. The molecule has 0 unspecified atom stereocenters. The molecule has 0 aromatic heterocycles. The quantitative estimate of drug-likeness (QED) is 0.839. The van der Waals surface area contributed by atoms with Crippen LogP contribution in [0.3, 0.4) is 0 Å². The van der Waals surface area contributed by atoms with E-state index in [4.69, 9.17) is 0 Å². The number of hydrogen-bond donors (Lipinski definition) is 1. The Morgan fingerprint density at radius 2 is 1.82 bits per heavy atom. The highest BCUT2D eigenvalue weighted by Gasteiger charge is 2.06. The van der Waals surface area contributed by atoms with Crippen molar-refractivity contribution in [3.63, 3.8) is 0 Å². The van der Waals surface area contributed by atoms with Gasteiger partial charge in [0.25, 0.3) is 0 Å². The van der Waals surface area contributed by atoms with Gasteiger partial charge >= 0.3 is 0 Å². The first-order chi connectivity index (χ1) is 8.16. The summed E-state index contributed by atoms with van der Waals surface area (Å²) in [6, 6.07) is 14.0. The third-order valence-corrected chi connectivity index (χ3v) is 2.37. The van der Waals surface area contributed by atoms with Gasteiger partial charge in [-0.25, -0.2) is 4.39 Å². The van der Waals surface area contributed by atoms with Crippen LogP contribution in [0.2, 0.25) is 0 Å². The molecule has 2 aromatic rings. The molecule has 0 bridgehead atoms. The Kier molecular flexibility index (Phi) is 3.19. The highest BCUT2D eigenvalue weighted by atomic mass is 19.1. The third-order valence-electron chi connectivity index (χ3n) is 2.37. The Bertz CT molecular complexity index is 537. The van der Waals surface area contributed by atoms with Crippen molar-refractivity contribution in [2.24, 2.45) is 0 Å². The molecule has 0 fully saturated rings. The molecule has 1 amide bonds. The van der Waals surface area contributed by atoms with E-state index in [0.29, 0.717) is 11.3 Å². The summed E-state index contributed by atoms with van der Waals surface area (Å²) in [4.78, 5) is 10.8. The zero-order valence-corrected chi connectivity index (χ0v) is 9.41. The second-order valence-electron chi connectivity index (χ2n) is 3.74. The molecule has 0 aliphatic heterocycles. The number of carbonyl (C=O) groups excluding carboxylic acids is 1. The number of anilines is 1. The van der Waals surface area contributed by atoms with E-state index >= 15 is 0 Å². The van der Waals surface area contributed by atoms with Gasteiger partial charge in [0.1, 0.15) is 5.82 Å². The summed E-state index contributed by atoms with van der Waals surface area (Å²) < 4.78 is 13.8. The van der Waals surface area contributed by atoms with E-state index in [-0.39, 0.29) is 11.7 Å². The standard InChI is InChI=1S/C14H12FNO/c1-10(17)16-12-7-8-13(14(15)9-12)11-5-3-2-4-6-11/h2-9H,1H3,(H,16,17). The SMILES string of the molecule is CC(=O)Nc1ccc(-c2ccccc2)c(F)c1. The minimum absolute atomic E-state index is 0.211. The lowest BCUT2D eigenvalue weighted by Crippen LogP contribution is -2.05. The highest BCUT2D eigenvalue weighted by Crippen LogP contribution is 2.24. The van der Waals surface area contributed by atoms with Crippen molar-refractivity contribution in [3.05, 3.63) is 54.3 Å². The Hall–Kier alpha value is -2.16. The van der Waals surface area contributed by atoms with Crippen LogP contribution in [-0.4, -0.2) is 5.91 Å². The van der Waals surface area contributed by atoms with E-state index in [2.05, 4.69) is 5.32 Å². The summed E-state index contributed by atoms with van der Waals surface area (Å²) in [5, 5.41) is 2.55. The zero-order chi connectivity index (χ0) is 12.3. The zero-order valence-electron chi connectivity index (χ0n) is 9.41. The third kappa shape index (κ3) is 2.69. The van der Waals surface area contributed by atoms with Crippen LogP contribution in [-0.2, 0) is 4.79 Å². The molecule has 2 rings (SSSR count). The molecular weight excluding hydrogens is 217 g/mol. The number of benzene rings is 2. The van der Waals surface area contributed by atoms with E-state index in [9.17, 15) is 9.18 Å². The van der Waals surface area contributed by atoms with Gasteiger partial charge in [-0.2, -0.15) is 0 Å². The maximum Gasteiger partial charge on any atom is 0.221 e. The molecular formula is C14H12FNO. The van der Waals surface area contributed by atoms with Crippen molar-refractivity contribution in [2.75, 3.05) is 5.32 Å². The first kappa shape index (κ1) is 11.3. The van der Waals surface area contributed by atoms with Gasteiger partial charge in [-0.1, -0.05) is 30.3 Å². The number of nitrogens with one attached hydrogen (secondary N) is 1. The minimum Gasteiger partial charge on any atom is -0.326 e. The second-order valence-corrected chi connectivity index (χ2v) is 3.74. The maximum atomic E-state index is 13.8. The number of hydrogen-bond acceptors (Lipinski definition) is 1. The van der Waals surface area contributed by atoms with Crippen molar-refractivity contribution in [3.8, 4) is 11.1 Å². The van der Waals surface area contributed by atoms with Gasteiger partial charge in [-0.05, 0) is 23.8 Å². The van der Waals surface area contributed by atoms with E-state index in [1.54, 1.807) is 12.1 Å². The Morgan fingerprint density at radius 1 is 1.12 bits per heavy atom. The van der Waals surface area contributed by atoms with Gasteiger partial charge in [-0.15, -0.1) is 0 Å². The molecule has 1 N–H and O–H groups in total. The van der Waals surface area contributed by atoms with Crippen molar-refractivity contribution in [1.82, 2.24) is 0 Å². The molecule has 0 atom stereocenters. The largest absolute Gasteiger partial charge is 0.326 e. The van der Waals surface area contributed by atoms with Gasteiger partial charge < -0.3 is 5.32 Å². The van der Waals surface area contributed by atoms with Crippen molar-refractivity contribution < 1.29 is 9.18 Å². The minimum atomic E-state index is -0.345. The van der Waals surface area contributed by atoms with Crippen LogP contribution in [0, 0.1) is 5.82 Å². The van der Waals surface area contributed by atoms with E-state index in [1.807, 2.05) is 30.3 Å². The summed E-state index contributed by atoms with van der Waals surface area (Å²) in [6.07, 6.45) is 0. The first-order valence-electron chi connectivity index (χ1n) is 5.29. The van der Waals surface area contributed by atoms with Gasteiger partial charge in [0.15, 0.2) is 0 Å². The van der Waals surface area contributed by atoms with Crippen LogP contribution in [0.25, 0.3) is 11.1 Å². The average Bonchev–Trinajstić information content (AvgIpc) is 2.29. The monoisotopic (exact) mass is 229 g/mol. The molecule has 0 saturated carbocycles. The van der Waals surface area contributed by atoms with Crippen molar-refractivity contribution in [2.45, 2.75) is 6.92 Å². The van der Waals surface area contributed by atoms with Crippen LogP contribution in [0.5, 0.6) is 0 Å². The molecule has 2 nitrogen and oxygen atoms in total. The Labute approximate surface area is 99.1 Å². The second kappa shape index (κ2) is 4.78. The van der Waals surface area contributed by atoms with Crippen LogP contribution in [0.1, 0.15) is 6.92 Å². The predicted octanol–water partition coefficient (Wildman–Crippen LogP) is 3.45. The van der Waals surface area contributed by atoms with Crippen molar-refractivity contribution >= 4 is 11.6 Å². The summed E-state index contributed by atoms with van der Waals surface area (Å²) >= 11 is 0. The number of amides is 1. The fraction of sp³-hybridized carbons (Fsp3) is 0.0714. The topological polar surface area (TPSA) is 29.1 Å². The maximum absolute atomic E-state index is 13.8. The average molecular weight is 229 g/mol. The lowest BCUT2D eigenvalue weighted by Gasteiger charge is -2.06. The van der Waals surface area contributed by atoms with Crippen LogP contribution < -0.4 is 5.32 Å². The molecule has 0 spiro atoms. The summed E-state index contributed by atoms with van der Waals surface area (Å²) in [5.41, 5.74) is 1.81. The number of rotatable bonds is 2. The van der Waals surface area contributed by atoms with Gasteiger partial charge in [0.05, 0.1) is 0 Å². The fourth-order valence-electron chi connectivity index (χ4n) is 1.65. The van der Waals surface area contributed by atoms with Crippen LogP contribution in [0.4, 0.5) is 10.1 Å². The molecule has 0 aliphatic carbocycles. The van der Waals surface area contributed by atoms with Crippen LogP contribution >= 0.6 is 0 Å².